The van der Waals surface area contributed by atoms with Gasteiger partial charge in [-0.05, 0) is 25.3 Å². The highest BCUT2D eigenvalue weighted by Crippen LogP contribution is 2.32. The average Bonchev–Trinajstić information content (AvgIpc) is 3.00. The largest absolute Gasteiger partial charge is 0.370 e. The van der Waals surface area contributed by atoms with E-state index in [9.17, 15) is 0 Å². The summed E-state index contributed by atoms with van der Waals surface area (Å²) in [5.74, 6) is 0.500. The molecule has 4 nitrogen and oxygen atoms in total. The van der Waals surface area contributed by atoms with E-state index in [1.807, 2.05) is 0 Å². The number of hydrogen-bond acceptors (Lipinski definition) is 2. The molecule has 0 spiro atoms. The molecule has 1 unspecified atom stereocenters. The van der Waals surface area contributed by atoms with Crippen LogP contribution in [0.3, 0.4) is 0 Å². The Morgan fingerprint density at radius 1 is 1.36 bits per heavy atom. The fourth-order valence-electron chi connectivity index (χ4n) is 3.15. The summed E-state index contributed by atoms with van der Waals surface area (Å²) in [7, 11) is 0. The van der Waals surface area contributed by atoms with Gasteiger partial charge in [0.2, 0.25) is 0 Å². The Balaban J connectivity index is 2.00. The molecule has 2 rings (SSSR count). The van der Waals surface area contributed by atoms with Crippen LogP contribution in [-0.4, -0.2) is 24.6 Å². The molecule has 0 amide bonds. The molecule has 0 heterocycles. The molecular formula is C18H28N4. The van der Waals surface area contributed by atoms with Gasteiger partial charge in [0.25, 0.3) is 0 Å². The van der Waals surface area contributed by atoms with Gasteiger partial charge >= 0.3 is 0 Å². The standard InChI is InChI=1S/C18H28N4/c1-3-13-20-17(19)21-14-18(11-7-8-12-18)22-15(2)16-9-5-4-6-10-16/h3-6,9-10,15,22H,1,7-8,11-14H2,2H3,(H3,19,20,21). The van der Waals surface area contributed by atoms with Crippen molar-refractivity contribution in [3.05, 3.63) is 48.6 Å². The van der Waals surface area contributed by atoms with Crippen molar-refractivity contribution in [1.29, 1.82) is 0 Å². The lowest BCUT2D eigenvalue weighted by atomic mass is 9.95. The topological polar surface area (TPSA) is 62.4 Å². The minimum atomic E-state index is 0.0652. The van der Waals surface area contributed by atoms with Crippen LogP contribution in [0.1, 0.15) is 44.2 Å². The van der Waals surface area contributed by atoms with Crippen LogP contribution in [0.5, 0.6) is 0 Å². The Morgan fingerprint density at radius 3 is 2.68 bits per heavy atom. The third kappa shape index (κ3) is 4.60. The first kappa shape index (κ1) is 16.6. The van der Waals surface area contributed by atoms with Crippen molar-refractivity contribution < 1.29 is 0 Å². The zero-order valence-electron chi connectivity index (χ0n) is 13.5. The van der Waals surface area contributed by atoms with E-state index in [2.05, 4.69) is 59.5 Å². The molecule has 0 saturated heterocycles. The zero-order valence-corrected chi connectivity index (χ0v) is 13.5. The Bertz CT molecular complexity index is 489. The van der Waals surface area contributed by atoms with Crippen molar-refractivity contribution in [2.24, 2.45) is 10.7 Å². The Hall–Kier alpha value is -1.81. The van der Waals surface area contributed by atoms with Crippen LogP contribution < -0.4 is 16.4 Å². The van der Waals surface area contributed by atoms with E-state index in [1.54, 1.807) is 6.08 Å². The number of nitrogens with one attached hydrogen (secondary N) is 2. The van der Waals surface area contributed by atoms with E-state index in [-0.39, 0.29) is 5.54 Å². The van der Waals surface area contributed by atoms with Crippen LogP contribution in [0.2, 0.25) is 0 Å². The number of nitrogens with zero attached hydrogens (tertiary/aromatic N) is 1. The van der Waals surface area contributed by atoms with Crippen molar-refractivity contribution in [2.75, 3.05) is 13.1 Å². The third-order valence-corrected chi connectivity index (χ3v) is 4.36. The summed E-state index contributed by atoms with van der Waals surface area (Å²) in [6, 6.07) is 10.9. The summed E-state index contributed by atoms with van der Waals surface area (Å²) >= 11 is 0. The van der Waals surface area contributed by atoms with Crippen molar-refractivity contribution in [3.8, 4) is 0 Å². The number of guanidine groups is 1. The van der Waals surface area contributed by atoms with Gasteiger partial charge in [-0.1, -0.05) is 49.2 Å². The number of hydrogen-bond donors (Lipinski definition) is 3. The van der Waals surface area contributed by atoms with Gasteiger partial charge in [0.15, 0.2) is 5.96 Å². The van der Waals surface area contributed by atoms with Gasteiger partial charge in [-0.2, -0.15) is 0 Å². The van der Waals surface area contributed by atoms with Crippen LogP contribution in [0.25, 0.3) is 0 Å². The van der Waals surface area contributed by atoms with E-state index in [4.69, 9.17) is 5.73 Å². The Labute approximate surface area is 133 Å². The average molecular weight is 300 g/mol. The summed E-state index contributed by atoms with van der Waals surface area (Å²) < 4.78 is 0. The molecule has 0 radical (unpaired) electrons. The van der Waals surface area contributed by atoms with Crippen LogP contribution in [0.4, 0.5) is 0 Å². The van der Waals surface area contributed by atoms with E-state index >= 15 is 0 Å². The number of aliphatic imine (C=N–C) groups is 1. The Morgan fingerprint density at radius 2 is 2.05 bits per heavy atom. The zero-order chi connectivity index (χ0) is 15.8. The van der Waals surface area contributed by atoms with Crippen LogP contribution >= 0.6 is 0 Å². The van der Waals surface area contributed by atoms with E-state index in [0.29, 0.717) is 18.5 Å². The molecule has 0 aliphatic heterocycles. The first-order valence-electron chi connectivity index (χ1n) is 8.12. The molecule has 4 N–H and O–H groups in total. The second kappa shape index (κ2) is 7.99. The maximum absolute atomic E-state index is 5.90. The van der Waals surface area contributed by atoms with Crippen molar-refractivity contribution >= 4 is 5.96 Å². The lowest BCUT2D eigenvalue weighted by Crippen LogP contribution is -2.47. The van der Waals surface area contributed by atoms with E-state index in [0.717, 1.165) is 19.4 Å². The maximum Gasteiger partial charge on any atom is 0.188 e. The highest BCUT2D eigenvalue weighted by molar-refractivity contribution is 5.78. The molecular weight excluding hydrogens is 272 g/mol. The molecule has 1 aromatic carbocycles. The Kier molecular flexibility index (Phi) is 6.01. The second-order valence-corrected chi connectivity index (χ2v) is 6.14. The number of rotatable bonds is 7. The van der Waals surface area contributed by atoms with Gasteiger partial charge in [0.05, 0.1) is 6.54 Å². The molecule has 120 valence electrons. The minimum Gasteiger partial charge on any atom is -0.370 e. The lowest BCUT2D eigenvalue weighted by Gasteiger charge is -2.33. The SMILES string of the molecule is C=CCNC(N)=NCC1(NC(C)c2ccccc2)CCCC1. The molecule has 1 aromatic rings. The highest BCUT2D eigenvalue weighted by Gasteiger charge is 2.34. The summed E-state index contributed by atoms with van der Waals surface area (Å²) in [5, 5.41) is 6.85. The predicted molar refractivity (Wildman–Crippen MR) is 93.9 cm³/mol. The smallest absolute Gasteiger partial charge is 0.188 e. The van der Waals surface area contributed by atoms with Gasteiger partial charge in [-0.15, -0.1) is 6.58 Å². The fraction of sp³-hybridized carbons (Fsp3) is 0.500. The van der Waals surface area contributed by atoms with Crippen LogP contribution in [0.15, 0.2) is 48.0 Å². The van der Waals surface area contributed by atoms with Gasteiger partial charge in [-0.3, -0.25) is 4.99 Å². The quantitative estimate of drug-likeness (QED) is 0.412. The summed E-state index contributed by atoms with van der Waals surface area (Å²) in [5.41, 5.74) is 7.28. The van der Waals surface area contributed by atoms with E-state index in [1.165, 1.54) is 18.4 Å². The van der Waals surface area contributed by atoms with Gasteiger partial charge in [0, 0.05) is 18.1 Å². The summed E-state index contributed by atoms with van der Waals surface area (Å²) in [6.07, 6.45) is 6.60. The first-order valence-corrected chi connectivity index (χ1v) is 8.12. The first-order chi connectivity index (χ1) is 10.7. The lowest BCUT2D eigenvalue weighted by molar-refractivity contribution is 0.308. The normalized spacial score (nSPS) is 18.9. The predicted octanol–water partition coefficient (Wildman–Crippen LogP) is 2.74. The van der Waals surface area contributed by atoms with Gasteiger partial charge < -0.3 is 16.4 Å². The molecule has 1 atom stereocenters. The van der Waals surface area contributed by atoms with Crippen molar-refractivity contribution in [2.45, 2.75) is 44.2 Å². The molecule has 0 aromatic heterocycles. The molecule has 1 fully saturated rings. The van der Waals surface area contributed by atoms with Gasteiger partial charge in [-0.25, -0.2) is 0 Å². The second-order valence-electron chi connectivity index (χ2n) is 6.14. The number of nitrogens with two attached hydrogens (primary N) is 1. The van der Waals surface area contributed by atoms with Crippen molar-refractivity contribution in [3.63, 3.8) is 0 Å². The molecule has 22 heavy (non-hydrogen) atoms. The monoisotopic (exact) mass is 300 g/mol. The van der Waals surface area contributed by atoms with E-state index < -0.39 is 0 Å². The highest BCUT2D eigenvalue weighted by atomic mass is 15.1. The van der Waals surface area contributed by atoms with Crippen molar-refractivity contribution in [1.82, 2.24) is 10.6 Å². The number of benzene rings is 1. The fourth-order valence-corrected chi connectivity index (χ4v) is 3.15. The third-order valence-electron chi connectivity index (χ3n) is 4.36. The summed E-state index contributed by atoms with van der Waals surface area (Å²) in [6.45, 7) is 7.26. The summed E-state index contributed by atoms with van der Waals surface area (Å²) in [4.78, 5) is 4.54. The molecule has 4 heteroatoms. The van der Waals surface area contributed by atoms with Crippen LogP contribution in [0, 0.1) is 0 Å². The maximum atomic E-state index is 5.90. The molecule has 0 bridgehead atoms. The molecule has 1 aliphatic carbocycles. The molecule has 1 saturated carbocycles. The minimum absolute atomic E-state index is 0.0652. The van der Waals surface area contributed by atoms with Gasteiger partial charge in [0.1, 0.15) is 0 Å². The molecule has 1 aliphatic rings. The van der Waals surface area contributed by atoms with Crippen LogP contribution in [-0.2, 0) is 0 Å².